The summed E-state index contributed by atoms with van der Waals surface area (Å²) < 4.78 is 24.3. The number of rotatable bonds is 5. The zero-order chi connectivity index (χ0) is 13.9. The Balaban J connectivity index is 2.69. The number of hydrogen-bond acceptors (Lipinski definition) is 5. The molecule has 0 unspecified atom stereocenters. The van der Waals surface area contributed by atoms with Gasteiger partial charge in [0.1, 0.15) is 0 Å². The molecule has 0 fully saturated rings. The summed E-state index contributed by atoms with van der Waals surface area (Å²) in [5.74, 6) is 0.564. The fourth-order valence-electron chi connectivity index (χ4n) is 1.23. The molecule has 1 heterocycles. The molecule has 1 aromatic heterocycles. The first-order valence-corrected chi connectivity index (χ1v) is 7.38. The second-order valence-electron chi connectivity index (χ2n) is 4.11. The molecule has 0 radical (unpaired) electrons. The number of aromatic nitrogens is 2. The second-order valence-corrected chi connectivity index (χ2v) is 6.77. The summed E-state index contributed by atoms with van der Waals surface area (Å²) in [6.45, 7) is 3.98. The van der Waals surface area contributed by atoms with Gasteiger partial charge in [-0.05, 0) is 25.0 Å². The SMILES string of the molecule is Cc1c(Cl)nnc(NCCS(=O)(=O)N(C)C)c1C. The van der Waals surface area contributed by atoms with Gasteiger partial charge in [-0.25, -0.2) is 12.7 Å². The predicted molar refractivity (Wildman–Crippen MR) is 72.5 cm³/mol. The molecule has 1 N–H and O–H groups in total. The highest BCUT2D eigenvalue weighted by molar-refractivity contribution is 7.89. The van der Waals surface area contributed by atoms with Crippen LogP contribution in [0.5, 0.6) is 0 Å². The van der Waals surface area contributed by atoms with E-state index >= 15 is 0 Å². The lowest BCUT2D eigenvalue weighted by Gasteiger charge is -2.13. The minimum Gasteiger partial charge on any atom is -0.367 e. The molecule has 0 aliphatic rings. The molecule has 0 aliphatic carbocycles. The van der Waals surface area contributed by atoms with Gasteiger partial charge in [-0.3, -0.25) is 0 Å². The highest BCUT2D eigenvalue weighted by Gasteiger charge is 2.14. The molecule has 6 nitrogen and oxygen atoms in total. The lowest BCUT2D eigenvalue weighted by molar-refractivity contribution is 0.521. The second kappa shape index (κ2) is 5.81. The molecule has 1 aromatic rings. The number of nitrogens with one attached hydrogen (secondary N) is 1. The average molecular weight is 293 g/mol. The van der Waals surface area contributed by atoms with Gasteiger partial charge in [0.25, 0.3) is 0 Å². The largest absolute Gasteiger partial charge is 0.367 e. The van der Waals surface area contributed by atoms with Gasteiger partial charge in [0.05, 0.1) is 5.75 Å². The highest BCUT2D eigenvalue weighted by Crippen LogP contribution is 2.20. The minimum absolute atomic E-state index is 0.00277. The average Bonchev–Trinajstić information content (AvgIpc) is 2.29. The van der Waals surface area contributed by atoms with E-state index in [4.69, 9.17) is 11.6 Å². The van der Waals surface area contributed by atoms with E-state index in [-0.39, 0.29) is 12.3 Å². The number of anilines is 1. The molecular weight excluding hydrogens is 276 g/mol. The molecule has 0 saturated carbocycles. The maximum atomic E-state index is 11.6. The first kappa shape index (κ1) is 15.1. The molecular formula is C10H17ClN4O2S. The number of sulfonamides is 1. The van der Waals surface area contributed by atoms with Crippen LogP contribution in [0.3, 0.4) is 0 Å². The van der Waals surface area contributed by atoms with Crippen molar-refractivity contribution in [3.8, 4) is 0 Å². The van der Waals surface area contributed by atoms with Crippen LogP contribution in [0.2, 0.25) is 5.15 Å². The quantitative estimate of drug-likeness (QED) is 0.878. The maximum Gasteiger partial charge on any atom is 0.215 e. The van der Waals surface area contributed by atoms with Gasteiger partial charge in [-0.2, -0.15) is 0 Å². The van der Waals surface area contributed by atoms with Crippen LogP contribution in [0.1, 0.15) is 11.1 Å². The summed E-state index contributed by atoms with van der Waals surface area (Å²) in [7, 11) is -0.189. The van der Waals surface area contributed by atoms with E-state index in [1.165, 1.54) is 18.4 Å². The molecule has 102 valence electrons. The molecule has 0 bridgehead atoms. The Morgan fingerprint density at radius 1 is 1.22 bits per heavy atom. The Morgan fingerprint density at radius 3 is 2.39 bits per heavy atom. The van der Waals surface area contributed by atoms with Gasteiger partial charge in [-0.15, -0.1) is 10.2 Å². The van der Waals surface area contributed by atoms with E-state index in [0.717, 1.165) is 11.1 Å². The zero-order valence-corrected chi connectivity index (χ0v) is 12.4. The van der Waals surface area contributed by atoms with Gasteiger partial charge in [0.15, 0.2) is 11.0 Å². The molecule has 0 saturated heterocycles. The number of hydrogen-bond donors (Lipinski definition) is 1. The first-order chi connectivity index (χ1) is 8.25. The highest BCUT2D eigenvalue weighted by atomic mass is 35.5. The molecule has 0 spiro atoms. The van der Waals surface area contributed by atoms with Crippen LogP contribution < -0.4 is 5.32 Å². The first-order valence-electron chi connectivity index (χ1n) is 5.39. The van der Waals surface area contributed by atoms with Crippen molar-refractivity contribution in [2.24, 2.45) is 0 Å². The monoisotopic (exact) mass is 292 g/mol. The van der Waals surface area contributed by atoms with Gasteiger partial charge >= 0.3 is 0 Å². The smallest absolute Gasteiger partial charge is 0.215 e. The topological polar surface area (TPSA) is 75.2 Å². The summed E-state index contributed by atoms with van der Waals surface area (Å²) in [5, 5.41) is 11.0. The van der Waals surface area contributed by atoms with E-state index in [0.29, 0.717) is 11.0 Å². The lowest BCUT2D eigenvalue weighted by atomic mass is 10.2. The van der Waals surface area contributed by atoms with E-state index in [1.807, 2.05) is 13.8 Å². The van der Waals surface area contributed by atoms with Crippen LogP contribution >= 0.6 is 11.6 Å². The Bertz CT molecular complexity index is 531. The van der Waals surface area contributed by atoms with Crippen molar-refractivity contribution in [2.45, 2.75) is 13.8 Å². The van der Waals surface area contributed by atoms with E-state index in [2.05, 4.69) is 15.5 Å². The number of halogens is 1. The Hall–Kier alpha value is -0.920. The molecule has 0 aromatic carbocycles. The molecule has 18 heavy (non-hydrogen) atoms. The van der Waals surface area contributed by atoms with Gasteiger partial charge in [-0.1, -0.05) is 11.6 Å². The van der Waals surface area contributed by atoms with Crippen molar-refractivity contribution in [1.82, 2.24) is 14.5 Å². The summed E-state index contributed by atoms with van der Waals surface area (Å²) >= 11 is 5.83. The fraction of sp³-hybridized carbons (Fsp3) is 0.600. The van der Waals surface area contributed by atoms with Crippen LogP contribution in [-0.2, 0) is 10.0 Å². The van der Waals surface area contributed by atoms with E-state index < -0.39 is 10.0 Å². The minimum atomic E-state index is -3.20. The summed E-state index contributed by atoms with van der Waals surface area (Å²) in [4.78, 5) is 0. The van der Waals surface area contributed by atoms with Crippen LogP contribution in [0, 0.1) is 13.8 Å². The molecule has 8 heteroatoms. The summed E-state index contributed by atoms with van der Waals surface area (Å²) in [5.41, 5.74) is 1.71. The van der Waals surface area contributed by atoms with Crippen molar-refractivity contribution in [2.75, 3.05) is 31.7 Å². The van der Waals surface area contributed by atoms with Crippen molar-refractivity contribution >= 4 is 27.4 Å². The summed E-state index contributed by atoms with van der Waals surface area (Å²) in [6, 6.07) is 0. The Labute approximate surface area is 112 Å². The van der Waals surface area contributed by atoms with Crippen LogP contribution in [0.15, 0.2) is 0 Å². The predicted octanol–water partition coefficient (Wildman–Crippen LogP) is 1.05. The zero-order valence-electron chi connectivity index (χ0n) is 10.9. The molecule has 1 rings (SSSR count). The Morgan fingerprint density at radius 2 is 1.83 bits per heavy atom. The molecule has 0 aliphatic heterocycles. The van der Waals surface area contributed by atoms with Crippen molar-refractivity contribution in [3.05, 3.63) is 16.3 Å². The third-order valence-electron chi connectivity index (χ3n) is 2.67. The third kappa shape index (κ3) is 3.54. The van der Waals surface area contributed by atoms with Crippen LogP contribution in [0.25, 0.3) is 0 Å². The Kier molecular flexibility index (Phi) is 4.89. The van der Waals surface area contributed by atoms with Gasteiger partial charge in [0.2, 0.25) is 10.0 Å². The van der Waals surface area contributed by atoms with Crippen LogP contribution in [0.4, 0.5) is 5.82 Å². The van der Waals surface area contributed by atoms with Gasteiger partial charge < -0.3 is 5.32 Å². The van der Waals surface area contributed by atoms with E-state index in [1.54, 1.807) is 0 Å². The van der Waals surface area contributed by atoms with Gasteiger partial charge in [0, 0.05) is 20.6 Å². The van der Waals surface area contributed by atoms with Crippen LogP contribution in [-0.4, -0.2) is 49.3 Å². The fourth-order valence-corrected chi connectivity index (χ4v) is 2.13. The standard InChI is InChI=1S/C10H17ClN4O2S/c1-7-8(2)10(14-13-9(7)11)12-5-6-18(16,17)15(3)4/h5-6H2,1-4H3,(H,12,14). The maximum absolute atomic E-state index is 11.6. The molecule has 0 atom stereocenters. The number of nitrogens with zero attached hydrogens (tertiary/aromatic N) is 3. The normalized spacial score (nSPS) is 11.9. The molecule has 0 amide bonds. The van der Waals surface area contributed by atoms with E-state index in [9.17, 15) is 8.42 Å². The lowest BCUT2D eigenvalue weighted by Crippen LogP contribution is -2.28. The third-order valence-corrected chi connectivity index (χ3v) is 4.87. The van der Waals surface area contributed by atoms with Crippen molar-refractivity contribution < 1.29 is 8.42 Å². The summed E-state index contributed by atoms with van der Waals surface area (Å²) in [6.07, 6.45) is 0. The van der Waals surface area contributed by atoms with Crippen molar-refractivity contribution in [1.29, 1.82) is 0 Å². The van der Waals surface area contributed by atoms with Crippen molar-refractivity contribution in [3.63, 3.8) is 0 Å².